The summed E-state index contributed by atoms with van der Waals surface area (Å²) in [5, 5.41) is 50.0. The Morgan fingerprint density at radius 2 is 0.767 bits per heavy atom. The predicted octanol–water partition coefficient (Wildman–Crippen LogP) is 10.7. The Kier molecular flexibility index (Phi) is 9.90. The van der Waals surface area contributed by atoms with Crippen molar-refractivity contribution in [1.82, 2.24) is 0 Å². The molecular formula is C40H26N6O11S3. The van der Waals surface area contributed by atoms with Crippen LogP contribution in [0.25, 0.3) is 43.1 Å². The average molecular weight is 863 g/mol. The fourth-order valence-electron chi connectivity index (χ4n) is 6.52. The van der Waals surface area contributed by atoms with Gasteiger partial charge in [0.05, 0.1) is 54.2 Å². The third-order valence-electron chi connectivity index (χ3n) is 9.36. The summed E-state index contributed by atoms with van der Waals surface area (Å²) in [6.45, 7) is 0. The van der Waals surface area contributed by atoms with Crippen molar-refractivity contribution in [3.63, 3.8) is 0 Å². The summed E-state index contributed by atoms with van der Waals surface area (Å²) in [6.07, 6.45) is 0. The van der Waals surface area contributed by atoms with E-state index >= 15 is 0 Å². The maximum absolute atomic E-state index is 12.2. The van der Waals surface area contributed by atoms with E-state index in [9.17, 15) is 49.1 Å². The fourth-order valence-corrected chi connectivity index (χ4v) is 8.06. The molecule has 8 aromatic rings. The van der Waals surface area contributed by atoms with E-state index in [4.69, 9.17) is 0 Å². The van der Waals surface area contributed by atoms with Crippen LogP contribution in [-0.4, -0.2) is 49.1 Å². The lowest BCUT2D eigenvalue weighted by molar-refractivity contribution is 0.471. The van der Waals surface area contributed by atoms with Gasteiger partial charge in [-0.1, -0.05) is 48.5 Å². The molecule has 0 atom stereocenters. The highest BCUT2D eigenvalue weighted by atomic mass is 32.2. The number of azo groups is 3. The smallest absolute Gasteiger partial charge is 0.294 e. The first kappa shape index (κ1) is 39.7. The molecule has 0 amide bonds. The van der Waals surface area contributed by atoms with Gasteiger partial charge in [-0.05, 0) is 78.2 Å². The quantitative estimate of drug-likeness (QED) is 0.0672. The molecule has 60 heavy (non-hydrogen) atoms. The lowest BCUT2D eigenvalue weighted by Crippen LogP contribution is -1.98. The molecule has 8 aromatic carbocycles. The number of phenolic OH excluding ortho intramolecular Hbond substituents is 2. The molecule has 0 aromatic heterocycles. The summed E-state index contributed by atoms with van der Waals surface area (Å²) in [5.74, 6) is -0.971. The molecule has 20 heteroatoms. The molecule has 0 bridgehead atoms. The molecular weight excluding hydrogens is 837 g/mol. The van der Waals surface area contributed by atoms with Crippen molar-refractivity contribution >= 4 is 108 Å². The van der Waals surface area contributed by atoms with Gasteiger partial charge < -0.3 is 10.2 Å². The van der Waals surface area contributed by atoms with Crippen LogP contribution < -0.4 is 0 Å². The molecule has 0 aliphatic carbocycles. The molecule has 0 aliphatic heterocycles. The van der Waals surface area contributed by atoms with Crippen LogP contribution >= 0.6 is 0 Å². The number of fused-ring (bicyclic) bond motifs is 4. The first-order chi connectivity index (χ1) is 28.5. The lowest BCUT2D eigenvalue weighted by Gasteiger charge is -2.10. The number of benzene rings is 8. The van der Waals surface area contributed by atoms with Crippen molar-refractivity contribution in [2.45, 2.75) is 14.7 Å². The van der Waals surface area contributed by atoms with Crippen molar-refractivity contribution in [3.8, 4) is 11.5 Å². The Hall–Kier alpha value is -7.07. The number of aromatic hydroxyl groups is 2. The van der Waals surface area contributed by atoms with E-state index in [1.54, 1.807) is 12.1 Å². The van der Waals surface area contributed by atoms with Crippen molar-refractivity contribution in [2.75, 3.05) is 0 Å². The molecule has 0 saturated carbocycles. The second kappa shape index (κ2) is 14.9. The maximum atomic E-state index is 12.2. The van der Waals surface area contributed by atoms with Gasteiger partial charge in [0.2, 0.25) is 0 Å². The van der Waals surface area contributed by atoms with E-state index in [-0.39, 0.29) is 55.4 Å². The van der Waals surface area contributed by atoms with E-state index < -0.39 is 50.8 Å². The molecule has 0 saturated heterocycles. The van der Waals surface area contributed by atoms with Crippen molar-refractivity contribution in [3.05, 3.63) is 127 Å². The summed E-state index contributed by atoms with van der Waals surface area (Å²) < 4.78 is 101. The van der Waals surface area contributed by atoms with Crippen LogP contribution in [-0.2, 0) is 30.4 Å². The van der Waals surface area contributed by atoms with Crippen LogP contribution in [0.2, 0.25) is 0 Å². The minimum atomic E-state index is -4.87. The second-order valence-corrected chi connectivity index (χ2v) is 17.4. The fraction of sp³-hybridized carbons (Fsp3) is 0. The highest BCUT2D eigenvalue weighted by molar-refractivity contribution is 7.86. The first-order valence-electron chi connectivity index (χ1n) is 17.2. The van der Waals surface area contributed by atoms with Crippen molar-refractivity contribution in [2.24, 2.45) is 30.7 Å². The summed E-state index contributed by atoms with van der Waals surface area (Å²) >= 11 is 0. The number of nitrogens with zero attached hydrogens (tertiary/aromatic N) is 6. The van der Waals surface area contributed by atoms with Gasteiger partial charge in [-0.25, -0.2) is 0 Å². The molecule has 300 valence electrons. The van der Waals surface area contributed by atoms with Crippen LogP contribution in [0.1, 0.15) is 0 Å². The van der Waals surface area contributed by atoms with Gasteiger partial charge in [0, 0.05) is 38.4 Å². The number of phenols is 2. The lowest BCUT2D eigenvalue weighted by atomic mass is 10.1. The third kappa shape index (κ3) is 7.76. The minimum Gasteiger partial charge on any atom is -0.507 e. The summed E-state index contributed by atoms with van der Waals surface area (Å²) in [4.78, 5) is -1.61. The van der Waals surface area contributed by atoms with Gasteiger partial charge in [0.1, 0.15) is 11.5 Å². The minimum absolute atomic E-state index is 0.0191. The molecule has 17 nitrogen and oxygen atoms in total. The Balaban J connectivity index is 1.24. The molecule has 0 radical (unpaired) electrons. The van der Waals surface area contributed by atoms with Crippen LogP contribution in [0.3, 0.4) is 0 Å². The molecule has 0 heterocycles. The van der Waals surface area contributed by atoms with E-state index in [0.717, 1.165) is 35.0 Å². The predicted molar refractivity (Wildman–Crippen MR) is 221 cm³/mol. The van der Waals surface area contributed by atoms with E-state index in [0.29, 0.717) is 16.8 Å². The van der Waals surface area contributed by atoms with Gasteiger partial charge in [-0.3, -0.25) is 13.7 Å². The maximum Gasteiger partial charge on any atom is 0.294 e. The van der Waals surface area contributed by atoms with E-state index in [1.165, 1.54) is 54.6 Å². The number of hydrogen-bond donors (Lipinski definition) is 5. The Labute approximate surface area is 339 Å². The summed E-state index contributed by atoms with van der Waals surface area (Å²) in [6, 6.07) is 30.6. The Morgan fingerprint density at radius 3 is 1.37 bits per heavy atom. The van der Waals surface area contributed by atoms with Gasteiger partial charge in [-0.2, -0.15) is 25.3 Å². The van der Waals surface area contributed by atoms with Crippen LogP contribution in [0, 0.1) is 0 Å². The topological polar surface area (TPSA) is 278 Å². The van der Waals surface area contributed by atoms with Crippen LogP contribution in [0.4, 0.5) is 34.1 Å². The zero-order chi connectivity index (χ0) is 42.6. The second-order valence-electron chi connectivity index (χ2n) is 13.1. The highest BCUT2D eigenvalue weighted by Gasteiger charge is 2.20. The van der Waals surface area contributed by atoms with Gasteiger partial charge in [0.25, 0.3) is 30.4 Å². The van der Waals surface area contributed by atoms with Crippen molar-refractivity contribution < 1.29 is 49.1 Å². The van der Waals surface area contributed by atoms with E-state index in [1.807, 2.05) is 36.4 Å². The van der Waals surface area contributed by atoms with Gasteiger partial charge in [-0.15, -0.1) is 30.7 Å². The highest BCUT2D eigenvalue weighted by Crippen LogP contribution is 2.44. The third-order valence-corrected chi connectivity index (χ3v) is 11.9. The Morgan fingerprint density at radius 1 is 0.333 bits per heavy atom. The van der Waals surface area contributed by atoms with Crippen LogP contribution in [0.5, 0.6) is 11.5 Å². The largest absolute Gasteiger partial charge is 0.507 e. The molecule has 8 rings (SSSR count). The monoisotopic (exact) mass is 862 g/mol. The van der Waals surface area contributed by atoms with Crippen LogP contribution in [0.15, 0.2) is 173 Å². The van der Waals surface area contributed by atoms with Gasteiger partial charge >= 0.3 is 0 Å². The zero-order valence-electron chi connectivity index (χ0n) is 30.2. The molecule has 0 spiro atoms. The summed E-state index contributed by atoms with van der Waals surface area (Å²) in [5.41, 5.74) is 1.06. The normalized spacial score (nSPS) is 12.9. The first-order valence-corrected chi connectivity index (χ1v) is 21.6. The summed E-state index contributed by atoms with van der Waals surface area (Å²) in [7, 11) is -14.1. The molecule has 0 unspecified atom stereocenters. The van der Waals surface area contributed by atoms with Gasteiger partial charge in [0.15, 0.2) is 0 Å². The Bertz CT molecular complexity index is 3560. The standard InChI is InChI=1S/C40H26N6O11S3/c47-38-17-16-34(28-11-9-24(19-30(28)38)59(52,53)54)43-45-36-14-15-37(40-31(36)20-25(21-39(40)48)60(55,56)57)46-44-35-13-12-33(27-10-8-23(18-29(27)35)58(49,50)51)42-41-32-7-3-5-22-4-1-2-6-26(22)32/h1-21,47-48H,(H,49,50,51)(H,52,53,54)(H,55,56,57). The molecule has 0 aliphatic rings. The molecule has 5 N–H and O–H groups in total. The zero-order valence-corrected chi connectivity index (χ0v) is 32.7. The SMILES string of the molecule is O=S(=O)(O)c1ccc2c(N=Nc3ccc(N=Nc4ccc(N=Nc5cccc6ccccc56)c5ccc(S(=O)(=O)O)cc45)c4c(O)cc(S(=O)(=O)O)cc34)ccc(O)c2c1. The average Bonchev–Trinajstić information content (AvgIpc) is 3.21. The number of hydrogen-bond acceptors (Lipinski definition) is 14. The molecule has 0 fully saturated rings. The van der Waals surface area contributed by atoms with E-state index in [2.05, 4.69) is 30.7 Å². The number of rotatable bonds is 9. The van der Waals surface area contributed by atoms with Crippen molar-refractivity contribution in [1.29, 1.82) is 0 Å².